The molecule has 144 valence electrons. The number of para-hydroxylation sites is 2. The number of aromatic nitrogens is 3. The summed E-state index contributed by atoms with van der Waals surface area (Å²) in [6, 6.07) is 13.1. The second kappa shape index (κ2) is 8.57. The van der Waals surface area contributed by atoms with Gasteiger partial charge >= 0.3 is 5.97 Å². The Morgan fingerprint density at radius 1 is 1.11 bits per heavy atom. The number of carbonyl (C=O) groups excluding carboxylic acids is 1. The largest absolute Gasteiger partial charge is 0.507 e. The molecule has 28 heavy (non-hydrogen) atoms. The Bertz CT molecular complexity index is 1020. The maximum absolute atomic E-state index is 12.3. The minimum atomic E-state index is -1.11. The van der Waals surface area contributed by atoms with Crippen LogP contribution in [0.4, 0.5) is 5.69 Å². The van der Waals surface area contributed by atoms with Crippen LogP contribution in [-0.2, 0) is 11.3 Å². The normalized spacial score (nSPS) is 10.6. The van der Waals surface area contributed by atoms with E-state index >= 15 is 0 Å². The van der Waals surface area contributed by atoms with Crippen molar-refractivity contribution in [2.45, 2.75) is 18.6 Å². The molecule has 0 saturated carbocycles. The minimum absolute atomic E-state index is 0.0272. The van der Waals surface area contributed by atoms with E-state index in [0.29, 0.717) is 23.1 Å². The van der Waals surface area contributed by atoms with E-state index in [1.54, 1.807) is 41.0 Å². The number of phenols is 1. The number of nitrogens with one attached hydrogen (secondary N) is 1. The molecule has 0 unspecified atom stereocenters. The van der Waals surface area contributed by atoms with E-state index in [1.165, 1.54) is 23.9 Å². The van der Waals surface area contributed by atoms with Crippen LogP contribution < -0.4 is 5.32 Å². The van der Waals surface area contributed by atoms with Crippen LogP contribution in [-0.4, -0.2) is 42.6 Å². The van der Waals surface area contributed by atoms with Gasteiger partial charge in [-0.2, -0.15) is 0 Å². The molecule has 0 fully saturated rings. The number of hydrogen-bond donors (Lipinski definition) is 3. The fourth-order valence-corrected chi connectivity index (χ4v) is 3.44. The average Bonchev–Trinajstić information content (AvgIpc) is 3.09. The molecule has 0 radical (unpaired) electrons. The smallest absolute Gasteiger partial charge is 0.337 e. The third kappa shape index (κ3) is 4.15. The first-order chi connectivity index (χ1) is 13.5. The SMILES string of the molecule is CCn1c(SCC(=O)Nc2ccccc2C(=O)O)nnc1-c1ccccc1O. The summed E-state index contributed by atoms with van der Waals surface area (Å²) in [5.74, 6) is -0.814. The van der Waals surface area contributed by atoms with Gasteiger partial charge < -0.3 is 20.1 Å². The van der Waals surface area contributed by atoms with Crippen molar-refractivity contribution in [1.29, 1.82) is 0 Å². The number of aromatic hydroxyl groups is 1. The third-order valence-corrected chi connectivity index (χ3v) is 4.91. The number of carboxylic acid groups (broad SMARTS) is 1. The number of benzene rings is 2. The zero-order valence-electron chi connectivity index (χ0n) is 15.0. The van der Waals surface area contributed by atoms with Gasteiger partial charge in [-0.1, -0.05) is 36.0 Å². The molecule has 9 heteroatoms. The summed E-state index contributed by atoms with van der Waals surface area (Å²) in [6.45, 7) is 2.47. The summed E-state index contributed by atoms with van der Waals surface area (Å²) in [7, 11) is 0. The predicted octanol–water partition coefficient (Wildman–Crippen LogP) is 3.10. The zero-order valence-corrected chi connectivity index (χ0v) is 15.8. The summed E-state index contributed by atoms with van der Waals surface area (Å²) in [5.41, 5.74) is 0.829. The zero-order chi connectivity index (χ0) is 20.1. The number of nitrogens with zero attached hydrogens (tertiary/aromatic N) is 3. The molecule has 0 aliphatic carbocycles. The van der Waals surface area contributed by atoms with Crippen molar-refractivity contribution in [3.63, 3.8) is 0 Å². The van der Waals surface area contributed by atoms with E-state index < -0.39 is 5.97 Å². The van der Waals surface area contributed by atoms with Gasteiger partial charge in [0.25, 0.3) is 0 Å². The van der Waals surface area contributed by atoms with Crippen LogP contribution in [0.3, 0.4) is 0 Å². The predicted molar refractivity (Wildman–Crippen MR) is 106 cm³/mol. The molecule has 0 saturated heterocycles. The van der Waals surface area contributed by atoms with E-state index in [-0.39, 0.29) is 28.7 Å². The first-order valence-corrected chi connectivity index (χ1v) is 9.46. The molecule has 1 aromatic heterocycles. The van der Waals surface area contributed by atoms with E-state index in [1.807, 2.05) is 6.92 Å². The number of hydrogen-bond acceptors (Lipinski definition) is 6. The number of carbonyl (C=O) groups is 2. The lowest BCUT2D eigenvalue weighted by Gasteiger charge is -2.09. The Hall–Kier alpha value is -3.33. The molecular weight excluding hydrogens is 380 g/mol. The van der Waals surface area contributed by atoms with Gasteiger partial charge in [0.2, 0.25) is 5.91 Å². The standard InChI is InChI=1S/C19H18N4O4S/c1-2-23-17(13-8-4-6-10-15(13)24)21-22-19(23)28-11-16(25)20-14-9-5-3-7-12(14)18(26)27/h3-10,24H,2,11H2,1H3,(H,20,25)(H,26,27). The number of amides is 1. The molecule has 8 nitrogen and oxygen atoms in total. The molecule has 2 aromatic carbocycles. The minimum Gasteiger partial charge on any atom is -0.507 e. The number of aromatic carboxylic acids is 1. The van der Waals surface area contributed by atoms with Gasteiger partial charge in [0, 0.05) is 6.54 Å². The highest BCUT2D eigenvalue weighted by molar-refractivity contribution is 7.99. The Morgan fingerprint density at radius 3 is 2.54 bits per heavy atom. The first kappa shape index (κ1) is 19.4. The summed E-state index contributed by atoms with van der Waals surface area (Å²) >= 11 is 1.18. The lowest BCUT2D eigenvalue weighted by atomic mass is 10.2. The van der Waals surface area contributed by atoms with Crippen molar-refractivity contribution in [3.8, 4) is 17.1 Å². The topological polar surface area (TPSA) is 117 Å². The first-order valence-electron chi connectivity index (χ1n) is 8.47. The fraction of sp³-hybridized carbons (Fsp3) is 0.158. The summed E-state index contributed by atoms with van der Waals surface area (Å²) in [4.78, 5) is 23.5. The van der Waals surface area contributed by atoms with Crippen molar-refractivity contribution >= 4 is 29.3 Å². The second-order valence-electron chi connectivity index (χ2n) is 5.76. The van der Waals surface area contributed by atoms with Crippen molar-refractivity contribution in [2.24, 2.45) is 0 Å². The van der Waals surface area contributed by atoms with E-state index in [9.17, 15) is 19.8 Å². The highest BCUT2D eigenvalue weighted by Crippen LogP contribution is 2.30. The van der Waals surface area contributed by atoms with Crippen LogP contribution in [0.2, 0.25) is 0 Å². The molecular formula is C19H18N4O4S. The van der Waals surface area contributed by atoms with Crippen LogP contribution in [0.5, 0.6) is 5.75 Å². The van der Waals surface area contributed by atoms with Crippen molar-refractivity contribution < 1.29 is 19.8 Å². The van der Waals surface area contributed by atoms with Gasteiger partial charge in [-0.25, -0.2) is 4.79 Å². The monoisotopic (exact) mass is 398 g/mol. The molecule has 3 aromatic rings. The molecule has 1 heterocycles. The Kier molecular flexibility index (Phi) is 5.95. The van der Waals surface area contributed by atoms with Crippen LogP contribution in [0.25, 0.3) is 11.4 Å². The number of anilines is 1. The lowest BCUT2D eigenvalue weighted by molar-refractivity contribution is -0.113. The summed E-state index contributed by atoms with van der Waals surface area (Å²) < 4.78 is 1.80. The average molecular weight is 398 g/mol. The maximum atomic E-state index is 12.3. The molecule has 3 rings (SSSR count). The Morgan fingerprint density at radius 2 is 1.82 bits per heavy atom. The van der Waals surface area contributed by atoms with Gasteiger partial charge in [0.1, 0.15) is 5.75 Å². The molecule has 0 spiro atoms. The van der Waals surface area contributed by atoms with Gasteiger partial charge in [0.15, 0.2) is 11.0 Å². The summed E-state index contributed by atoms with van der Waals surface area (Å²) in [5, 5.41) is 30.6. The number of rotatable bonds is 7. The highest BCUT2D eigenvalue weighted by Gasteiger charge is 2.17. The van der Waals surface area contributed by atoms with Crippen LogP contribution in [0.15, 0.2) is 53.7 Å². The Balaban J connectivity index is 1.73. The molecule has 1 amide bonds. The summed E-state index contributed by atoms with van der Waals surface area (Å²) in [6.07, 6.45) is 0. The maximum Gasteiger partial charge on any atom is 0.337 e. The number of phenolic OH excluding ortho intramolecular Hbond substituents is 1. The fourth-order valence-electron chi connectivity index (χ4n) is 2.64. The lowest BCUT2D eigenvalue weighted by Crippen LogP contribution is -2.17. The van der Waals surface area contributed by atoms with Gasteiger partial charge in [-0.05, 0) is 31.2 Å². The van der Waals surface area contributed by atoms with Crippen molar-refractivity contribution in [3.05, 3.63) is 54.1 Å². The molecule has 0 atom stereocenters. The molecule has 0 aliphatic rings. The quantitative estimate of drug-likeness (QED) is 0.524. The third-order valence-electron chi connectivity index (χ3n) is 3.94. The van der Waals surface area contributed by atoms with Crippen LogP contribution >= 0.6 is 11.8 Å². The van der Waals surface area contributed by atoms with E-state index in [2.05, 4.69) is 15.5 Å². The number of thioether (sulfide) groups is 1. The van der Waals surface area contributed by atoms with E-state index in [0.717, 1.165) is 0 Å². The Labute approximate surface area is 165 Å². The second-order valence-corrected chi connectivity index (χ2v) is 6.70. The van der Waals surface area contributed by atoms with Crippen LogP contribution in [0.1, 0.15) is 17.3 Å². The van der Waals surface area contributed by atoms with Crippen LogP contribution in [0, 0.1) is 0 Å². The molecule has 3 N–H and O–H groups in total. The highest BCUT2D eigenvalue weighted by atomic mass is 32.2. The van der Waals surface area contributed by atoms with E-state index in [4.69, 9.17) is 0 Å². The van der Waals surface area contributed by atoms with Gasteiger partial charge in [-0.3, -0.25) is 4.79 Å². The van der Waals surface area contributed by atoms with Gasteiger partial charge in [-0.15, -0.1) is 10.2 Å². The van der Waals surface area contributed by atoms with Gasteiger partial charge in [0.05, 0.1) is 22.6 Å². The molecule has 0 bridgehead atoms. The number of carboxylic acids is 1. The van der Waals surface area contributed by atoms with Crippen molar-refractivity contribution in [1.82, 2.24) is 14.8 Å². The molecule has 0 aliphatic heterocycles. The van der Waals surface area contributed by atoms with Crippen molar-refractivity contribution in [2.75, 3.05) is 11.1 Å².